The molecule has 0 aliphatic heterocycles. The molecule has 1 heteroatoms. The molecule has 0 radical (unpaired) electrons. The molecule has 0 bridgehead atoms. The number of benzene rings is 1. The van der Waals surface area contributed by atoms with E-state index in [2.05, 4.69) is 52.8 Å². The third-order valence-corrected chi connectivity index (χ3v) is 3.26. The van der Waals surface area contributed by atoms with E-state index in [1.165, 1.54) is 11.1 Å². The van der Waals surface area contributed by atoms with Crippen molar-refractivity contribution in [2.24, 2.45) is 0 Å². The fourth-order valence-electron chi connectivity index (χ4n) is 1.84. The fourth-order valence-corrected chi connectivity index (χ4v) is 1.84. The van der Waals surface area contributed by atoms with Gasteiger partial charge in [-0.2, -0.15) is 0 Å². The van der Waals surface area contributed by atoms with E-state index in [-0.39, 0.29) is 5.41 Å². The van der Waals surface area contributed by atoms with Gasteiger partial charge in [-0.25, -0.2) is 0 Å². The first-order valence-corrected chi connectivity index (χ1v) is 6.53. The Labute approximate surface area is 111 Å². The molecule has 0 amide bonds. The van der Waals surface area contributed by atoms with Crippen molar-refractivity contribution in [1.82, 2.24) is 0 Å². The van der Waals surface area contributed by atoms with E-state index < -0.39 is 0 Å². The maximum Gasteiger partial charge on any atom is 0.143 e. The van der Waals surface area contributed by atoms with Crippen LogP contribution in [0.1, 0.15) is 64.2 Å². The average molecular weight is 244 g/mol. The molecule has 0 spiro atoms. The van der Waals surface area contributed by atoms with Crippen molar-refractivity contribution < 1.29 is 4.79 Å². The third-order valence-electron chi connectivity index (χ3n) is 3.26. The highest BCUT2D eigenvalue weighted by Gasteiger charge is 2.16. The lowest BCUT2D eigenvalue weighted by Crippen LogP contribution is -2.12. The highest BCUT2D eigenvalue weighted by Crippen LogP contribution is 2.29. The summed E-state index contributed by atoms with van der Waals surface area (Å²) in [6, 6.07) is 6.67. The van der Waals surface area contributed by atoms with Crippen molar-refractivity contribution in [1.29, 1.82) is 0 Å². The van der Waals surface area contributed by atoms with Gasteiger partial charge in [-0.15, -0.1) is 0 Å². The summed E-state index contributed by atoms with van der Waals surface area (Å²) >= 11 is 0. The van der Waals surface area contributed by atoms with E-state index in [1.54, 1.807) is 6.08 Å². The minimum Gasteiger partial charge on any atom is -0.299 e. The van der Waals surface area contributed by atoms with E-state index in [0.29, 0.717) is 5.92 Å². The van der Waals surface area contributed by atoms with Gasteiger partial charge in [0.1, 0.15) is 6.29 Å². The van der Waals surface area contributed by atoms with E-state index >= 15 is 0 Å². The molecule has 1 aromatic rings. The van der Waals surface area contributed by atoms with Gasteiger partial charge in [-0.1, -0.05) is 52.8 Å². The number of carbonyl (C=O) groups excluding carboxylic acids is 1. The van der Waals surface area contributed by atoms with Crippen molar-refractivity contribution in [2.75, 3.05) is 0 Å². The molecule has 0 fully saturated rings. The Morgan fingerprint density at radius 3 is 2.22 bits per heavy atom. The van der Waals surface area contributed by atoms with E-state index in [0.717, 1.165) is 17.4 Å². The van der Waals surface area contributed by atoms with Crippen molar-refractivity contribution in [3.8, 4) is 0 Å². The summed E-state index contributed by atoms with van der Waals surface area (Å²) < 4.78 is 0. The van der Waals surface area contributed by atoms with Crippen LogP contribution in [0.15, 0.2) is 24.3 Å². The molecule has 1 aromatic carbocycles. The molecule has 0 aliphatic rings. The Morgan fingerprint density at radius 1 is 1.17 bits per heavy atom. The summed E-state index contributed by atoms with van der Waals surface area (Å²) in [4.78, 5) is 10.6. The predicted molar refractivity (Wildman–Crippen MR) is 78.9 cm³/mol. The standard InChI is InChI=1S/C17H24O/c1-12(2)14-9-15(13(3)7-8-18)11-16(10-14)17(4,5)6/h7-12H,1-6H3. The number of hydrogen-bond acceptors (Lipinski definition) is 1. The molecule has 98 valence electrons. The second-order valence-electron chi connectivity index (χ2n) is 6.23. The lowest BCUT2D eigenvalue weighted by molar-refractivity contribution is -0.104. The van der Waals surface area contributed by atoms with Gasteiger partial charge >= 0.3 is 0 Å². The molecule has 0 N–H and O–H groups in total. The Balaban J connectivity index is 3.40. The smallest absolute Gasteiger partial charge is 0.143 e. The van der Waals surface area contributed by atoms with Crippen molar-refractivity contribution in [3.63, 3.8) is 0 Å². The molecule has 0 saturated heterocycles. The molecule has 0 atom stereocenters. The minimum atomic E-state index is 0.126. The summed E-state index contributed by atoms with van der Waals surface area (Å²) in [5.41, 5.74) is 4.95. The van der Waals surface area contributed by atoms with E-state index in [4.69, 9.17) is 0 Å². The number of carbonyl (C=O) groups is 1. The molecule has 1 nitrogen and oxygen atoms in total. The zero-order valence-electron chi connectivity index (χ0n) is 12.4. The zero-order valence-corrected chi connectivity index (χ0v) is 12.4. The number of hydrogen-bond donors (Lipinski definition) is 0. The highest BCUT2D eigenvalue weighted by atomic mass is 16.1. The molecule has 0 aromatic heterocycles. The van der Waals surface area contributed by atoms with Gasteiger partial charge in [0, 0.05) is 0 Å². The number of allylic oxidation sites excluding steroid dienone is 2. The summed E-state index contributed by atoms with van der Waals surface area (Å²) in [7, 11) is 0. The van der Waals surface area contributed by atoms with Crippen molar-refractivity contribution >= 4 is 11.9 Å². The Morgan fingerprint density at radius 2 is 1.78 bits per heavy atom. The van der Waals surface area contributed by atoms with Gasteiger partial charge in [-0.3, -0.25) is 4.79 Å². The lowest BCUT2D eigenvalue weighted by Gasteiger charge is -2.22. The first-order valence-electron chi connectivity index (χ1n) is 6.53. The molecular formula is C17H24O. The van der Waals surface area contributed by atoms with Crippen LogP contribution in [0.4, 0.5) is 0 Å². The van der Waals surface area contributed by atoms with Crippen LogP contribution in [-0.4, -0.2) is 6.29 Å². The first kappa shape index (κ1) is 14.7. The van der Waals surface area contributed by atoms with Crippen LogP contribution in [0, 0.1) is 0 Å². The maximum atomic E-state index is 10.6. The summed E-state index contributed by atoms with van der Waals surface area (Å²) in [5, 5.41) is 0. The molecular weight excluding hydrogens is 220 g/mol. The van der Waals surface area contributed by atoms with Gasteiger partial charge in [0.25, 0.3) is 0 Å². The molecule has 0 aliphatic carbocycles. The van der Waals surface area contributed by atoms with Gasteiger partial charge in [0.2, 0.25) is 0 Å². The zero-order chi connectivity index (χ0) is 13.9. The Hall–Kier alpha value is -1.37. The normalized spacial score (nSPS) is 12.9. The fraction of sp³-hybridized carbons (Fsp3) is 0.471. The van der Waals surface area contributed by atoms with Crippen LogP contribution in [0.5, 0.6) is 0 Å². The number of rotatable bonds is 3. The third kappa shape index (κ3) is 3.56. The van der Waals surface area contributed by atoms with Crippen LogP contribution in [0.2, 0.25) is 0 Å². The van der Waals surface area contributed by atoms with Crippen LogP contribution >= 0.6 is 0 Å². The van der Waals surface area contributed by atoms with Crippen LogP contribution in [0.25, 0.3) is 5.57 Å². The largest absolute Gasteiger partial charge is 0.299 e. The van der Waals surface area contributed by atoms with Crippen molar-refractivity contribution in [3.05, 3.63) is 41.0 Å². The van der Waals surface area contributed by atoms with Gasteiger partial charge in [0.15, 0.2) is 0 Å². The van der Waals surface area contributed by atoms with Gasteiger partial charge < -0.3 is 0 Å². The number of aldehydes is 1. The van der Waals surface area contributed by atoms with Gasteiger partial charge in [0.05, 0.1) is 0 Å². The highest BCUT2D eigenvalue weighted by molar-refractivity contribution is 5.81. The predicted octanol–water partition coefficient (Wildman–Crippen LogP) is 4.71. The second kappa shape index (κ2) is 5.51. The van der Waals surface area contributed by atoms with Crippen molar-refractivity contribution in [2.45, 2.75) is 52.9 Å². The van der Waals surface area contributed by atoms with Crippen LogP contribution < -0.4 is 0 Å². The van der Waals surface area contributed by atoms with Crippen LogP contribution in [-0.2, 0) is 10.2 Å². The van der Waals surface area contributed by atoms with E-state index in [1.807, 2.05) is 6.92 Å². The van der Waals surface area contributed by atoms with E-state index in [9.17, 15) is 4.79 Å². The molecule has 0 heterocycles. The quantitative estimate of drug-likeness (QED) is 0.556. The van der Waals surface area contributed by atoms with Gasteiger partial charge in [-0.05, 0) is 46.6 Å². The monoisotopic (exact) mass is 244 g/mol. The second-order valence-corrected chi connectivity index (χ2v) is 6.23. The Bertz CT molecular complexity index is 459. The minimum absolute atomic E-state index is 0.126. The molecule has 0 saturated carbocycles. The Kier molecular flexibility index (Phi) is 4.50. The molecule has 0 unspecified atom stereocenters. The lowest BCUT2D eigenvalue weighted by atomic mass is 9.83. The summed E-state index contributed by atoms with van der Waals surface area (Å²) in [6.07, 6.45) is 2.49. The molecule has 18 heavy (non-hydrogen) atoms. The first-order chi connectivity index (χ1) is 8.25. The average Bonchev–Trinajstić information content (AvgIpc) is 2.27. The summed E-state index contributed by atoms with van der Waals surface area (Å²) in [6.45, 7) is 13.0. The topological polar surface area (TPSA) is 17.1 Å². The SMILES string of the molecule is CC(=CC=O)c1cc(C(C)C)cc(C(C)(C)C)c1. The molecule has 1 rings (SSSR count). The summed E-state index contributed by atoms with van der Waals surface area (Å²) in [5.74, 6) is 0.495. The maximum absolute atomic E-state index is 10.6. The van der Waals surface area contributed by atoms with Crippen LogP contribution in [0.3, 0.4) is 0 Å².